The van der Waals surface area contributed by atoms with Crippen LogP contribution in [0.3, 0.4) is 0 Å². The number of fused-ring (bicyclic) bond motifs is 1. The Kier molecular flexibility index (Phi) is 6.15. The quantitative estimate of drug-likeness (QED) is 0.485. The number of aryl methyl sites for hydroxylation is 1. The fourth-order valence-corrected chi connectivity index (χ4v) is 5.26. The lowest BCUT2D eigenvalue weighted by molar-refractivity contribution is -0.138. The Hall–Kier alpha value is -3.24. The molecule has 10 heteroatoms. The molecule has 1 fully saturated rings. The molecule has 1 atom stereocenters. The fourth-order valence-electron chi connectivity index (χ4n) is 5.26. The highest BCUT2D eigenvalue weighted by molar-refractivity contribution is 6.10. The van der Waals surface area contributed by atoms with Crippen molar-refractivity contribution in [2.45, 2.75) is 63.5 Å². The highest BCUT2D eigenvalue weighted by Gasteiger charge is 2.41. The van der Waals surface area contributed by atoms with Crippen LogP contribution in [0.2, 0.25) is 0 Å². The van der Waals surface area contributed by atoms with Crippen molar-refractivity contribution in [2.24, 2.45) is 7.05 Å². The topological polar surface area (TPSA) is 72.3 Å². The van der Waals surface area contributed by atoms with Gasteiger partial charge in [0.05, 0.1) is 12.1 Å². The molecule has 1 saturated carbocycles. The number of ether oxygens (including phenoxy) is 1. The van der Waals surface area contributed by atoms with E-state index in [1.807, 2.05) is 13.0 Å². The summed E-state index contributed by atoms with van der Waals surface area (Å²) in [4.78, 5) is 14.9. The lowest BCUT2D eigenvalue weighted by Crippen LogP contribution is -2.47. The molecule has 0 spiro atoms. The number of anilines is 1. The number of hydrogen-bond acceptors (Lipinski definition) is 5. The summed E-state index contributed by atoms with van der Waals surface area (Å²) in [6.07, 6.45) is 0.0719. The first-order valence-corrected chi connectivity index (χ1v) is 12.3. The number of carbonyl (C=O) groups is 1. The van der Waals surface area contributed by atoms with Gasteiger partial charge in [-0.3, -0.25) is 4.79 Å². The number of nitrogens with one attached hydrogen (secondary N) is 1. The van der Waals surface area contributed by atoms with E-state index in [9.17, 15) is 18.0 Å². The van der Waals surface area contributed by atoms with Gasteiger partial charge in [-0.05, 0) is 74.1 Å². The van der Waals surface area contributed by atoms with E-state index in [1.54, 1.807) is 49.3 Å². The number of methoxy groups -OCH3 is 1. The zero-order valence-corrected chi connectivity index (χ0v) is 21.3. The van der Waals surface area contributed by atoms with Crippen molar-refractivity contribution in [2.75, 3.05) is 12.0 Å². The summed E-state index contributed by atoms with van der Waals surface area (Å²) in [7, 11) is 3.35. The van der Waals surface area contributed by atoms with E-state index in [0.717, 1.165) is 19.3 Å². The number of alkyl halides is 3. The van der Waals surface area contributed by atoms with Gasteiger partial charge in [0, 0.05) is 37.5 Å². The minimum absolute atomic E-state index is 0.00399. The predicted molar refractivity (Wildman–Crippen MR) is 132 cm³/mol. The number of carbonyl (C=O) groups excluding carboxylic acids is 1. The van der Waals surface area contributed by atoms with E-state index in [1.165, 1.54) is 11.0 Å². The molecule has 2 heterocycles. The van der Waals surface area contributed by atoms with Crippen molar-refractivity contribution < 1.29 is 22.7 Å². The lowest BCUT2D eigenvalue weighted by atomic mass is 9.78. The molecule has 1 aromatic heterocycles. The molecule has 0 bridgehead atoms. The zero-order chi connectivity index (χ0) is 26.6. The van der Waals surface area contributed by atoms with Crippen molar-refractivity contribution in [3.63, 3.8) is 0 Å². The first kappa shape index (κ1) is 25.4. The average Bonchev–Trinajstić information content (AvgIpc) is 3.43. The maximum atomic E-state index is 14.1. The van der Waals surface area contributed by atoms with Crippen LogP contribution in [0.4, 0.5) is 18.9 Å². The van der Waals surface area contributed by atoms with Gasteiger partial charge in [0.15, 0.2) is 5.82 Å². The molecule has 2 aromatic carbocycles. The van der Waals surface area contributed by atoms with E-state index in [0.29, 0.717) is 22.6 Å². The Morgan fingerprint density at radius 1 is 1.19 bits per heavy atom. The highest BCUT2D eigenvalue weighted by Crippen LogP contribution is 2.41. The number of benzene rings is 2. The third kappa shape index (κ3) is 4.42. The predicted octanol–water partition coefficient (Wildman–Crippen LogP) is 4.94. The van der Waals surface area contributed by atoms with Crippen LogP contribution in [0.1, 0.15) is 71.5 Å². The summed E-state index contributed by atoms with van der Waals surface area (Å²) in [5, 5.41) is 11.5. The Balaban J connectivity index is 1.50. The standard InChI is InChI=1S/C27H30F3N5O2/c1-25(9-6-10-25)31-14-17-11-20-21(22(12-17)27(28,29)30)15-35(23(20)36)19-8-5-7-18(13-19)26(2,37-4)24-33-32-16-34(24)3/h5,7-8,11-13,16,31H,6,9-10,14-15H2,1-4H3/t26-/m0/s1. The first-order chi connectivity index (χ1) is 17.4. The van der Waals surface area contributed by atoms with Gasteiger partial charge in [-0.1, -0.05) is 12.1 Å². The van der Waals surface area contributed by atoms with Gasteiger partial charge in [0.2, 0.25) is 0 Å². The number of nitrogens with zero attached hydrogens (tertiary/aromatic N) is 4. The normalized spacial score (nSPS) is 18.5. The van der Waals surface area contributed by atoms with Crippen LogP contribution in [-0.2, 0) is 36.7 Å². The Morgan fingerprint density at radius 3 is 2.54 bits per heavy atom. The van der Waals surface area contributed by atoms with Gasteiger partial charge < -0.3 is 19.5 Å². The summed E-state index contributed by atoms with van der Waals surface area (Å²) in [6, 6.07) is 9.85. The molecule has 1 aliphatic heterocycles. The Labute approximate surface area is 213 Å². The van der Waals surface area contributed by atoms with E-state index in [-0.39, 0.29) is 29.8 Å². The molecule has 1 aliphatic carbocycles. The second-order valence-corrected chi connectivity index (χ2v) is 10.4. The Morgan fingerprint density at radius 2 is 1.95 bits per heavy atom. The minimum Gasteiger partial charge on any atom is -0.366 e. The number of halogens is 3. The molecule has 3 aromatic rings. The van der Waals surface area contributed by atoms with Crippen molar-refractivity contribution in [1.82, 2.24) is 20.1 Å². The van der Waals surface area contributed by atoms with Gasteiger partial charge in [-0.15, -0.1) is 10.2 Å². The molecular weight excluding hydrogens is 483 g/mol. The van der Waals surface area contributed by atoms with Crippen LogP contribution in [0.5, 0.6) is 0 Å². The third-order valence-electron chi connectivity index (χ3n) is 7.84. The van der Waals surface area contributed by atoms with Gasteiger partial charge in [0.25, 0.3) is 5.91 Å². The van der Waals surface area contributed by atoms with Crippen molar-refractivity contribution in [3.05, 3.63) is 76.4 Å². The molecule has 196 valence electrons. The summed E-state index contributed by atoms with van der Waals surface area (Å²) < 4.78 is 49.9. The second-order valence-electron chi connectivity index (χ2n) is 10.4. The average molecular weight is 514 g/mol. The molecule has 1 amide bonds. The maximum Gasteiger partial charge on any atom is 0.416 e. The molecule has 7 nitrogen and oxygen atoms in total. The third-order valence-corrected chi connectivity index (χ3v) is 7.84. The maximum absolute atomic E-state index is 14.1. The van der Waals surface area contributed by atoms with E-state index < -0.39 is 23.2 Å². The summed E-state index contributed by atoms with van der Waals surface area (Å²) in [5.74, 6) is 0.104. The molecule has 5 rings (SSSR count). The molecule has 0 unspecified atom stereocenters. The number of aromatic nitrogens is 3. The zero-order valence-electron chi connectivity index (χ0n) is 21.3. The van der Waals surface area contributed by atoms with Crippen molar-refractivity contribution in [1.29, 1.82) is 0 Å². The van der Waals surface area contributed by atoms with Crippen LogP contribution >= 0.6 is 0 Å². The van der Waals surface area contributed by atoms with Gasteiger partial charge in [-0.2, -0.15) is 13.2 Å². The molecular formula is C27H30F3N5O2. The molecule has 0 radical (unpaired) electrons. The monoisotopic (exact) mass is 513 g/mol. The molecule has 37 heavy (non-hydrogen) atoms. The fraction of sp³-hybridized carbons (Fsp3) is 0.444. The van der Waals surface area contributed by atoms with Crippen molar-refractivity contribution in [3.8, 4) is 0 Å². The smallest absolute Gasteiger partial charge is 0.366 e. The van der Waals surface area contributed by atoms with Crippen LogP contribution in [0.25, 0.3) is 0 Å². The van der Waals surface area contributed by atoms with Gasteiger partial charge in [-0.25, -0.2) is 0 Å². The molecule has 0 saturated heterocycles. The number of amides is 1. The van der Waals surface area contributed by atoms with Gasteiger partial charge >= 0.3 is 6.18 Å². The SMILES string of the molecule is CO[C@@](C)(c1cccc(N2Cc3c(cc(CNC4(C)CCC4)cc3C(F)(F)F)C2=O)c1)c1nncn1C. The summed E-state index contributed by atoms with van der Waals surface area (Å²) in [6.45, 7) is 4.02. The minimum atomic E-state index is -4.57. The van der Waals surface area contributed by atoms with Crippen LogP contribution in [0, 0.1) is 0 Å². The molecule has 2 aliphatic rings. The van der Waals surface area contributed by atoms with Crippen LogP contribution in [0.15, 0.2) is 42.7 Å². The number of rotatable bonds is 7. The first-order valence-electron chi connectivity index (χ1n) is 12.3. The van der Waals surface area contributed by atoms with E-state index >= 15 is 0 Å². The summed E-state index contributed by atoms with van der Waals surface area (Å²) in [5.41, 5.74) is -0.0654. The van der Waals surface area contributed by atoms with Crippen molar-refractivity contribution >= 4 is 11.6 Å². The van der Waals surface area contributed by atoms with Gasteiger partial charge in [0.1, 0.15) is 11.9 Å². The molecule has 1 N–H and O–H groups in total. The van der Waals surface area contributed by atoms with Crippen LogP contribution in [-0.4, -0.2) is 33.3 Å². The second kappa shape index (κ2) is 8.95. The lowest BCUT2D eigenvalue weighted by Gasteiger charge is -2.39. The highest BCUT2D eigenvalue weighted by atomic mass is 19.4. The van der Waals surface area contributed by atoms with Crippen LogP contribution < -0.4 is 10.2 Å². The van der Waals surface area contributed by atoms with E-state index in [2.05, 4.69) is 22.4 Å². The summed E-state index contributed by atoms with van der Waals surface area (Å²) >= 11 is 0. The number of hydrogen-bond donors (Lipinski definition) is 1. The Bertz CT molecular complexity index is 1350. The van der Waals surface area contributed by atoms with E-state index in [4.69, 9.17) is 4.74 Å². The largest absolute Gasteiger partial charge is 0.416 e.